The van der Waals surface area contributed by atoms with Crippen LogP contribution in [-0.4, -0.2) is 38.9 Å². The molecule has 2 unspecified atom stereocenters. The molecule has 0 amide bonds. The van der Waals surface area contributed by atoms with Gasteiger partial charge in [0.25, 0.3) is 0 Å². The summed E-state index contributed by atoms with van der Waals surface area (Å²) in [4.78, 5) is 0.341. The minimum atomic E-state index is -3.41. The van der Waals surface area contributed by atoms with Crippen molar-refractivity contribution in [3.8, 4) is 0 Å². The average Bonchev–Trinajstić information content (AvgIpc) is 2.92. The van der Waals surface area contributed by atoms with Gasteiger partial charge in [0.2, 0.25) is 10.0 Å². The molecule has 0 aliphatic carbocycles. The van der Waals surface area contributed by atoms with Crippen LogP contribution in [-0.2, 0) is 10.0 Å². The molecule has 3 rings (SSSR count). The van der Waals surface area contributed by atoms with Gasteiger partial charge < -0.3 is 5.32 Å². The summed E-state index contributed by atoms with van der Waals surface area (Å²) in [5, 5.41) is 3.82. The molecule has 2 fully saturated rings. The van der Waals surface area contributed by atoms with Crippen molar-refractivity contribution >= 4 is 21.6 Å². The first kappa shape index (κ1) is 13.4. The molecule has 2 atom stereocenters. The molecular weight excluding hydrogens is 284 g/mol. The minimum Gasteiger partial charge on any atom is -0.316 e. The number of fused-ring (bicyclic) bond motifs is 1. The van der Waals surface area contributed by atoms with Crippen molar-refractivity contribution in [2.45, 2.75) is 11.8 Å². The molecule has 4 nitrogen and oxygen atoms in total. The largest absolute Gasteiger partial charge is 0.316 e. The molecule has 2 aliphatic heterocycles. The normalized spacial score (nSPS) is 27.7. The summed E-state index contributed by atoms with van der Waals surface area (Å²) in [5.41, 5.74) is 0.638. The number of hydrogen-bond acceptors (Lipinski definition) is 3. The van der Waals surface area contributed by atoms with E-state index in [0.29, 0.717) is 40.4 Å². The van der Waals surface area contributed by atoms with Gasteiger partial charge >= 0.3 is 0 Å². The fraction of sp³-hybridized carbons (Fsp3) is 0.538. The van der Waals surface area contributed by atoms with Gasteiger partial charge in [-0.1, -0.05) is 17.7 Å². The van der Waals surface area contributed by atoms with Crippen molar-refractivity contribution in [1.29, 1.82) is 0 Å². The molecule has 2 saturated heterocycles. The predicted octanol–water partition coefficient (Wildman–Crippen LogP) is 1.49. The van der Waals surface area contributed by atoms with E-state index in [-0.39, 0.29) is 0 Å². The van der Waals surface area contributed by atoms with Crippen LogP contribution in [0.2, 0.25) is 5.02 Å². The Kier molecular flexibility index (Phi) is 3.33. The van der Waals surface area contributed by atoms with Crippen LogP contribution in [0, 0.1) is 18.8 Å². The van der Waals surface area contributed by atoms with Crippen LogP contribution in [0.5, 0.6) is 0 Å². The van der Waals surface area contributed by atoms with E-state index in [4.69, 9.17) is 11.6 Å². The molecule has 2 aliphatic rings. The lowest BCUT2D eigenvalue weighted by Gasteiger charge is -2.19. The Morgan fingerprint density at radius 1 is 1.26 bits per heavy atom. The highest BCUT2D eigenvalue weighted by Gasteiger charge is 2.41. The molecule has 104 valence electrons. The van der Waals surface area contributed by atoms with Crippen molar-refractivity contribution in [3.05, 3.63) is 28.8 Å². The third-order valence-electron chi connectivity index (χ3n) is 4.19. The second-order valence-corrected chi connectivity index (χ2v) is 7.68. The SMILES string of the molecule is Cc1c(Cl)cccc1S(=O)(=O)N1CC2CNCC2C1. The van der Waals surface area contributed by atoms with Crippen LogP contribution < -0.4 is 5.32 Å². The molecule has 1 aromatic rings. The molecule has 0 spiro atoms. The maximum atomic E-state index is 12.7. The Balaban J connectivity index is 1.93. The third kappa shape index (κ3) is 2.18. The van der Waals surface area contributed by atoms with Gasteiger partial charge in [-0.15, -0.1) is 0 Å². The molecule has 2 heterocycles. The van der Waals surface area contributed by atoms with Crippen molar-refractivity contribution < 1.29 is 8.42 Å². The van der Waals surface area contributed by atoms with E-state index < -0.39 is 10.0 Å². The van der Waals surface area contributed by atoms with Gasteiger partial charge in [-0.25, -0.2) is 8.42 Å². The molecule has 0 saturated carbocycles. The number of benzene rings is 1. The van der Waals surface area contributed by atoms with Crippen LogP contribution in [0.25, 0.3) is 0 Å². The summed E-state index contributed by atoms with van der Waals surface area (Å²) in [7, 11) is -3.41. The first-order chi connectivity index (χ1) is 9.00. The maximum absolute atomic E-state index is 12.7. The van der Waals surface area contributed by atoms with Gasteiger partial charge in [0.15, 0.2) is 0 Å². The fourth-order valence-corrected chi connectivity index (χ4v) is 5.05. The average molecular weight is 301 g/mol. The number of hydrogen-bond donors (Lipinski definition) is 1. The standard InChI is InChI=1S/C13H17ClN2O2S/c1-9-12(14)3-2-4-13(9)19(17,18)16-7-10-5-15-6-11(10)8-16/h2-4,10-11,15H,5-8H2,1H3. The molecule has 1 aromatic carbocycles. The zero-order chi connectivity index (χ0) is 13.6. The lowest BCUT2D eigenvalue weighted by Crippen LogP contribution is -2.32. The number of nitrogens with zero attached hydrogens (tertiary/aromatic N) is 1. The van der Waals surface area contributed by atoms with Gasteiger partial charge in [-0.2, -0.15) is 4.31 Å². The van der Waals surface area contributed by atoms with E-state index in [2.05, 4.69) is 5.32 Å². The second kappa shape index (κ2) is 4.74. The number of nitrogens with one attached hydrogen (secondary N) is 1. The highest BCUT2D eigenvalue weighted by molar-refractivity contribution is 7.89. The summed E-state index contributed by atoms with van der Waals surface area (Å²) < 4.78 is 27.0. The van der Waals surface area contributed by atoms with Gasteiger partial charge in [-0.05, 0) is 49.5 Å². The first-order valence-electron chi connectivity index (χ1n) is 6.46. The minimum absolute atomic E-state index is 0.341. The molecule has 0 aromatic heterocycles. The molecule has 1 N–H and O–H groups in total. The van der Waals surface area contributed by atoms with Gasteiger partial charge in [0, 0.05) is 18.1 Å². The number of sulfonamides is 1. The Morgan fingerprint density at radius 2 is 1.89 bits per heavy atom. The summed E-state index contributed by atoms with van der Waals surface area (Å²) in [6, 6.07) is 5.06. The van der Waals surface area contributed by atoms with Crippen LogP contribution in [0.3, 0.4) is 0 Å². The highest BCUT2D eigenvalue weighted by atomic mass is 35.5. The van der Waals surface area contributed by atoms with Crippen LogP contribution in [0.15, 0.2) is 23.1 Å². The zero-order valence-electron chi connectivity index (χ0n) is 10.8. The predicted molar refractivity (Wildman–Crippen MR) is 74.8 cm³/mol. The Morgan fingerprint density at radius 3 is 2.53 bits per heavy atom. The zero-order valence-corrected chi connectivity index (χ0v) is 12.3. The lowest BCUT2D eigenvalue weighted by molar-refractivity contribution is 0.447. The van der Waals surface area contributed by atoms with Crippen molar-refractivity contribution in [2.75, 3.05) is 26.2 Å². The van der Waals surface area contributed by atoms with Crippen molar-refractivity contribution in [2.24, 2.45) is 11.8 Å². The quantitative estimate of drug-likeness (QED) is 0.900. The van der Waals surface area contributed by atoms with Crippen LogP contribution >= 0.6 is 11.6 Å². The maximum Gasteiger partial charge on any atom is 0.243 e. The summed E-state index contributed by atoms with van der Waals surface area (Å²) >= 11 is 6.03. The smallest absolute Gasteiger partial charge is 0.243 e. The summed E-state index contributed by atoms with van der Waals surface area (Å²) in [5.74, 6) is 0.906. The third-order valence-corrected chi connectivity index (χ3v) is 6.58. The monoisotopic (exact) mass is 300 g/mol. The van der Waals surface area contributed by atoms with Crippen LogP contribution in [0.4, 0.5) is 0 Å². The van der Waals surface area contributed by atoms with E-state index in [1.54, 1.807) is 29.4 Å². The molecular formula is C13H17ClN2O2S. The van der Waals surface area contributed by atoms with Gasteiger partial charge in [0.05, 0.1) is 4.90 Å². The molecule has 0 bridgehead atoms. The van der Waals surface area contributed by atoms with Gasteiger partial charge in [-0.3, -0.25) is 0 Å². The van der Waals surface area contributed by atoms with E-state index in [9.17, 15) is 8.42 Å². The first-order valence-corrected chi connectivity index (χ1v) is 8.28. The Labute approximate surface area is 118 Å². The molecule has 19 heavy (non-hydrogen) atoms. The topological polar surface area (TPSA) is 49.4 Å². The van der Waals surface area contributed by atoms with Crippen LogP contribution in [0.1, 0.15) is 5.56 Å². The van der Waals surface area contributed by atoms with E-state index in [1.807, 2.05) is 0 Å². The fourth-order valence-electron chi connectivity index (χ4n) is 3.01. The highest BCUT2D eigenvalue weighted by Crippen LogP contribution is 2.32. The Hall–Kier alpha value is -0.620. The van der Waals surface area contributed by atoms with Gasteiger partial charge in [0.1, 0.15) is 0 Å². The molecule has 6 heteroatoms. The van der Waals surface area contributed by atoms with Crippen molar-refractivity contribution in [3.63, 3.8) is 0 Å². The summed E-state index contributed by atoms with van der Waals surface area (Å²) in [6.07, 6.45) is 0. The number of rotatable bonds is 2. The van der Waals surface area contributed by atoms with E-state index in [0.717, 1.165) is 13.1 Å². The number of halogens is 1. The Bertz CT molecular complexity index is 591. The lowest BCUT2D eigenvalue weighted by atomic mass is 10.0. The van der Waals surface area contributed by atoms with E-state index >= 15 is 0 Å². The second-order valence-electron chi connectivity index (χ2n) is 5.36. The van der Waals surface area contributed by atoms with Crippen molar-refractivity contribution in [1.82, 2.24) is 9.62 Å². The molecule has 0 radical (unpaired) electrons. The van der Waals surface area contributed by atoms with E-state index in [1.165, 1.54) is 0 Å². The summed E-state index contributed by atoms with van der Waals surface area (Å²) in [6.45, 7) is 4.84.